The molecule has 3 atom stereocenters. The lowest BCUT2D eigenvalue weighted by atomic mass is 9.60. The van der Waals surface area contributed by atoms with E-state index in [0.717, 1.165) is 116 Å². The maximum Gasteiger partial charge on any atom is 0.410 e. The first kappa shape index (κ1) is 77.9. The van der Waals surface area contributed by atoms with Gasteiger partial charge in [-0.1, -0.05) is 36.4 Å². The van der Waals surface area contributed by atoms with Crippen LogP contribution in [0.4, 0.5) is 9.59 Å². The number of piperidine rings is 6. The lowest BCUT2D eigenvalue weighted by Crippen LogP contribution is -2.54. The van der Waals surface area contributed by atoms with Gasteiger partial charge in [0.25, 0.3) is 35.4 Å². The Hall–Kier alpha value is -9.16. The Balaban J connectivity index is 0.000000146. The molecule has 15 rings (SSSR count). The van der Waals surface area contributed by atoms with Crippen molar-refractivity contribution in [3.8, 4) is 0 Å². The van der Waals surface area contributed by atoms with Crippen LogP contribution in [-0.2, 0) is 51.3 Å². The fourth-order valence-corrected chi connectivity index (χ4v) is 17.1. The molecule has 6 saturated heterocycles. The molecule has 29 nitrogen and oxygen atoms in total. The number of likely N-dealkylation sites (tertiary alicyclic amines) is 2. The van der Waals surface area contributed by atoms with E-state index < -0.39 is 94.3 Å². The molecular formula is C76H95ClN12O17. The number of nitrogens with two attached hydrogens (primary N) is 1. The van der Waals surface area contributed by atoms with E-state index >= 15 is 0 Å². The second kappa shape index (κ2) is 31.0. The zero-order valence-corrected chi connectivity index (χ0v) is 61.6. The number of carbonyl (C=O) groups excluding carboxylic acids is 15. The molecule has 568 valence electrons. The minimum Gasteiger partial charge on any atom is -0.444 e. The molecule has 0 radical (unpaired) electrons. The normalized spacial score (nSPS) is 24.3. The zero-order chi connectivity index (χ0) is 75.2. The second-order valence-electron chi connectivity index (χ2n) is 32.2. The highest BCUT2D eigenvalue weighted by Gasteiger charge is 2.52. The van der Waals surface area contributed by atoms with E-state index in [1.165, 1.54) is 31.0 Å². The minimum atomic E-state index is -1.02. The molecule has 8 N–H and O–H groups in total. The van der Waals surface area contributed by atoms with Crippen LogP contribution in [0.1, 0.15) is 241 Å². The summed E-state index contributed by atoms with van der Waals surface area (Å²) in [5.74, 6) is -6.21. The summed E-state index contributed by atoms with van der Waals surface area (Å²) in [7, 11) is 0. The summed E-state index contributed by atoms with van der Waals surface area (Å²) in [6.45, 7) is 17.5. The van der Waals surface area contributed by atoms with E-state index in [9.17, 15) is 71.9 Å². The molecule has 0 bridgehead atoms. The number of ether oxygens (including phenoxy) is 2. The van der Waals surface area contributed by atoms with Crippen molar-refractivity contribution in [2.75, 3.05) is 39.3 Å². The molecule has 9 heterocycles. The topological polar surface area (TPSA) is 389 Å². The monoisotopic (exact) mass is 1480 g/mol. The largest absolute Gasteiger partial charge is 0.444 e. The SMILES string of the molecule is CC(C)(C)OC(=O)N1CCC2(CC1)CC(N)C2.CC(C)(C)OC(=O)N1CCC2(CC1)CC(NCc1cccc3c1C(=O)N(C1CCC(=O)NC1=O)C3=O)C2.Cl.O=C1CCC(N2C(=O)c3cccc(CNC4CC5(CCNCC5)C4)c3C2=O)C(=O)N1.O=Cc1cccc2c1C(=O)N(C1CCC(=O)NC1=O)C2=O. The van der Waals surface area contributed by atoms with Gasteiger partial charge in [-0.15, -0.1) is 12.4 Å². The molecule has 3 saturated carbocycles. The lowest BCUT2D eigenvalue weighted by Gasteiger charge is -2.52. The number of fused-ring (bicyclic) bond motifs is 3. The van der Waals surface area contributed by atoms with Gasteiger partial charge in [0.2, 0.25) is 35.4 Å². The standard InChI is InChI=1S/C27H34N4O6.C22H26N4O4.C14H10N2O5.C13H24N2O2.ClH/c1-26(2,3)37-25(36)30-11-9-27(10-12-30)13-17(14-27)28-15-16-5-4-6-18-21(16)24(35)31(23(18)34)19-7-8-20(32)29-22(19)33;27-17-5-4-16(19(28)25-17)26-20(29)15-3-1-2-13(18(15)21(26)30)12-24-14-10-22(11-14)6-8-23-9-7-22;17-6-7-2-1-3-8-11(7)14(21)16(13(8)20)9-4-5-10(18)15-12(9)19;1-12(2,3)17-11(16)15-6-4-13(5-7-15)8-10(14)9-13;/h4-6,17,19,28H,7-15H2,1-3H3,(H,29,32,33);1-3,14,16,23-24H,4-12H2,(H,25,27,28);1-3,6,9H,4-5H2,(H,15,18,19);10H,4-9,14H2,1-3H3;1H. The molecule has 0 aromatic heterocycles. The molecule has 106 heavy (non-hydrogen) atoms. The van der Waals surface area contributed by atoms with Crippen LogP contribution in [0.2, 0.25) is 0 Å². The first-order valence-electron chi connectivity index (χ1n) is 36.6. The van der Waals surface area contributed by atoms with Crippen LogP contribution in [0.5, 0.6) is 0 Å². The molecule has 14 amide bonds. The quantitative estimate of drug-likeness (QED) is 0.0971. The van der Waals surface area contributed by atoms with Crippen molar-refractivity contribution >= 4 is 102 Å². The highest BCUT2D eigenvalue weighted by Crippen LogP contribution is 2.51. The third-order valence-electron chi connectivity index (χ3n) is 22.6. The number of benzene rings is 3. The smallest absolute Gasteiger partial charge is 0.410 e. The van der Waals surface area contributed by atoms with Crippen LogP contribution in [0.25, 0.3) is 0 Å². The van der Waals surface area contributed by atoms with E-state index in [1.807, 2.05) is 58.6 Å². The first-order chi connectivity index (χ1) is 49.8. The Morgan fingerprint density at radius 3 is 1.15 bits per heavy atom. The maximum absolute atomic E-state index is 13.3. The number of hydrogen-bond donors (Lipinski definition) is 7. The average molecular weight is 1480 g/mol. The summed E-state index contributed by atoms with van der Waals surface area (Å²) in [5.41, 5.74) is 9.20. The van der Waals surface area contributed by atoms with E-state index in [1.54, 1.807) is 29.2 Å². The summed E-state index contributed by atoms with van der Waals surface area (Å²) in [5, 5.41) is 17.1. The van der Waals surface area contributed by atoms with Crippen LogP contribution in [0, 0.1) is 16.2 Å². The third kappa shape index (κ3) is 16.4. The Morgan fingerprint density at radius 2 is 0.811 bits per heavy atom. The number of hydrogen-bond acceptors (Lipinski definition) is 21. The van der Waals surface area contributed by atoms with Gasteiger partial charge < -0.3 is 41.0 Å². The van der Waals surface area contributed by atoms with Gasteiger partial charge in [0.1, 0.15) is 29.3 Å². The molecule has 3 aromatic rings. The Morgan fingerprint density at radius 1 is 0.481 bits per heavy atom. The summed E-state index contributed by atoms with van der Waals surface area (Å²) in [6.07, 6.45) is 13.8. The van der Waals surface area contributed by atoms with Crippen LogP contribution in [0.3, 0.4) is 0 Å². The van der Waals surface area contributed by atoms with Crippen molar-refractivity contribution in [2.24, 2.45) is 22.0 Å². The van der Waals surface area contributed by atoms with Gasteiger partial charge >= 0.3 is 12.2 Å². The van der Waals surface area contributed by atoms with Crippen LogP contribution >= 0.6 is 12.4 Å². The van der Waals surface area contributed by atoms with Gasteiger partial charge in [0.15, 0.2) is 6.29 Å². The van der Waals surface area contributed by atoms with Gasteiger partial charge in [-0.2, -0.15) is 0 Å². The molecule has 30 heteroatoms. The van der Waals surface area contributed by atoms with Crippen molar-refractivity contribution in [3.05, 3.63) is 105 Å². The van der Waals surface area contributed by atoms with Crippen LogP contribution < -0.4 is 37.6 Å². The van der Waals surface area contributed by atoms with Gasteiger partial charge in [0.05, 0.1) is 33.4 Å². The third-order valence-corrected chi connectivity index (χ3v) is 22.6. The molecule has 3 aromatic carbocycles. The van der Waals surface area contributed by atoms with Crippen molar-refractivity contribution < 1.29 is 81.4 Å². The van der Waals surface area contributed by atoms with Crippen LogP contribution in [0.15, 0.2) is 54.6 Å². The summed E-state index contributed by atoms with van der Waals surface area (Å²) in [4.78, 5) is 189. The molecule has 9 fully saturated rings. The molecule has 3 spiro atoms. The average Bonchev–Trinajstić information content (AvgIpc) is 1.51. The van der Waals surface area contributed by atoms with Gasteiger partial charge in [-0.05, 0) is 197 Å². The lowest BCUT2D eigenvalue weighted by molar-refractivity contribution is -0.137. The number of nitrogens with one attached hydrogen (secondary N) is 6. The molecule has 3 aliphatic carbocycles. The summed E-state index contributed by atoms with van der Waals surface area (Å²) in [6, 6.07) is 13.1. The first-order valence-corrected chi connectivity index (χ1v) is 36.6. The molecule has 9 aliphatic heterocycles. The number of carbonyl (C=O) groups is 15. The number of aldehydes is 1. The van der Waals surface area contributed by atoms with E-state index in [2.05, 4.69) is 31.9 Å². The summed E-state index contributed by atoms with van der Waals surface area (Å²) < 4.78 is 10.9. The molecular weight excluding hydrogens is 1390 g/mol. The predicted molar refractivity (Wildman–Crippen MR) is 382 cm³/mol. The fourth-order valence-electron chi connectivity index (χ4n) is 17.1. The highest BCUT2D eigenvalue weighted by molar-refractivity contribution is 6.27. The number of nitrogens with zero attached hydrogens (tertiary/aromatic N) is 5. The van der Waals surface area contributed by atoms with E-state index in [4.69, 9.17) is 15.2 Å². The van der Waals surface area contributed by atoms with Crippen molar-refractivity contribution in [1.82, 2.24) is 56.4 Å². The van der Waals surface area contributed by atoms with E-state index in [0.29, 0.717) is 83.7 Å². The Kier molecular flexibility index (Phi) is 22.8. The summed E-state index contributed by atoms with van der Waals surface area (Å²) >= 11 is 0. The fraction of sp³-hybridized carbons (Fsp3) is 0.566. The molecule has 12 aliphatic rings. The Labute approximate surface area is 620 Å². The molecule has 3 unspecified atom stereocenters. The number of rotatable bonds is 10. The number of halogens is 1. The van der Waals surface area contributed by atoms with Crippen molar-refractivity contribution in [1.29, 1.82) is 0 Å². The van der Waals surface area contributed by atoms with Gasteiger partial charge in [-0.3, -0.25) is 93.0 Å². The van der Waals surface area contributed by atoms with Crippen molar-refractivity contribution in [3.63, 3.8) is 0 Å². The number of amides is 14. The zero-order valence-electron chi connectivity index (χ0n) is 60.8. The predicted octanol–water partition coefficient (Wildman–Crippen LogP) is 5.51. The minimum absolute atomic E-state index is 0. The van der Waals surface area contributed by atoms with Gasteiger partial charge in [0, 0.05) is 82.2 Å². The van der Waals surface area contributed by atoms with Crippen LogP contribution in [-0.4, -0.2) is 201 Å². The van der Waals surface area contributed by atoms with E-state index in [-0.39, 0.29) is 91.1 Å². The number of imide groups is 6. The van der Waals surface area contributed by atoms with Crippen molar-refractivity contribution in [2.45, 2.75) is 218 Å². The second-order valence-corrected chi connectivity index (χ2v) is 32.2. The maximum atomic E-state index is 13.3. The van der Waals surface area contributed by atoms with Gasteiger partial charge in [-0.25, -0.2) is 9.59 Å². The Bertz CT molecular complexity index is 4080. The highest BCUT2D eigenvalue weighted by atomic mass is 35.5.